The Hall–Kier alpha value is -0.710. The molecular formula is C16H25ClN2OS. The molecule has 3 nitrogen and oxygen atoms in total. The summed E-state index contributed by atoms with van der Waals surface area (Å²) in [6.07, 6.45) is 6.15. The monoisotopic (exact) mass is 328 g/mol. The molecule has 0 radical (unpaired) electrons. The molecule has 1 aliphatic heterocycles. The van der Waals surface area contributed by atoms with Crippen LogP contribution in [0.2, 0.25) is 0 Å². The molecule has 0 aromatic heterocycles. The van der Waals surface area contributed by atoms with E-state index in [1.54, 1.807) is 11.8 Å². The molecule has 1 aromatic rings. The molecule has 0 atom stereocenters. The topological polar surface area (TPSA) is 41.1 Å². The normalized spacial score (nSPS) is 15.3. The fourth-order valence-corrected chi connectivity index (χ4v) is 3.11. The van der Waals surface area contributed by atoms with E-state index in [-0.39, 0.29) is 18.3 Å². The Morgan fingerprint density at radius 1 is 1.29 bits per heavy atom. The zero-order valence-electron chi connectivity index (χ0n) is 12.6. The smallest absolute Gasteiger partial charge is 0.224 e. The Morgan fingerprint density at radius 3 is 2.57 bits per heavy atom. The van der Waals surface area contributed by atoms with Gasteiger partial charge >= 0.3 is 0 Å². The second-order valence-electron chi connectivity index (χ2n) is 5.41. The Bertz CT molecular complexity index is 419. The van der Waals surface area contributed by atoms with E-state index < -0.39 is 0 Å². The third-order valence-corrected chi connectivity index (χ3v) is 4.41. The van der Waals surface area contributed by atoms with Crippen molar-refractivity contribution < 1.29 is 4.79 Å². The molecule has 1 fully saturated rings. The van der Waals surface area contributed by atoms with E-state index in [2.05, 4.69) is 29.0 Å². The van der Waals surface area contributed by atoms with Crippen molar-refractivity contribution >= 4 is 35.8 Å². The zero-order chi connectivity index (χ0) is 14.2. The number of piperidine rings is 1. The first kappa shape index (κ1) is 18.3. The van der Waals surface area contributed by atoms with E-state index in [0.717, 1.165) is 31.0 Å². The molecule has 1 aromatic carbocycles. The maximum absolute atomic E-state index is 11.9. The van der Waals surface area contributed by atoms with Gasteiger partial charge in [0.25, 0.3) is 0 Å². The van der Waals surface area contributed by atoms with Gasteiger partial charge in [0.1, 0.15) is 0 Å². The van der Waals surface area contributed by atoms with Crippen molar-refractivity contribution in [2.24, 2.45) is 5.92 Å². The molecule has 1 amide bonds. The standard InChI is InChI=1S/C16H24N2OS.ClH/c1-20-12-14-2-5-15(6-3-14)18-16(19)7-4-13-8-10-17-11-9-13;/h2-3,5-6,13,17H,4,7-12H2,1H3,(H,18,19);1H. The summed E-state index contributed by atoms with van der Waals surface area (Å²) in [6, 6.07) is 8.15. The molecule has 0 saturated carbocycles. The Kier molecular flexibility index (Phi) is 8.81. The highest BCUT2D eigenvalue weighted by molar-refractivity contribution is 7.97. The van der Waals surface area contributed by atoms with Crippen LogP contribution in [0.4, 0.5) is 5.69 Å². The summed E-state index contributed by atoms with van der Waals surface area (Å²) in [5.41, 5.74) is 2.20. The number of hydrogen-bond acceptors (Lipinski definition) is 3. The SMILES string of the molecule is CSCc1ccc(NC(=O)CCC2CCNCC2)cc1.Cl. The van der Waals surface area contributed by atoms with Crippen LogP contribution in [0.25, 0.3) is 0 Å². The number of rotatable bonds is 6. The van der Waals surface area contributed by atoms with Crippen LogP contribution in [-0.2, 0) is 10.5 Å². The number of nitrogens with one attached hydrogen (secondary N) is 2. The minimum atomic E-state index is 0. The second-order valence-corrected chi connectivity index (χ2v) is 6.28. The summed E-state index contributed by atoms with van der Waals surface area (Å²) in [7, 11) is 0. The maximum Gasteiger partial charge on any atom is 0.224 e. The predicted octanol–water partition coefficient (Wildman–Crippen LogP) is 3.69. The van der Waals surface area contributed by atoms with Crippen molar-refractivity contribution in [3.8, 4) is 0 Å². The van der Waals surface area contributed by atoms with Crippen LogP contribution in [0.15, 0.2) is 24.3 Å². The van der Waals surface area contributed by atoms with Crippen LogP contribution >= 0.6 is 24.2 Å². The number of carbonyl (C=O) groups is 1. The van der Waals surface area contributed by atoms with E-state index in [1.807, 2.05) is 12.1 Å². The molecular weight excluding hydrogens is 304 g/mol. The summed E-state index contributed by atoms with van der Waals surface area (Å²) >= 11 is 1.81. The van der Waals surface area contributed by atoms with Crippen LogP contribution in [-0.4, -0.2) is 25.3 Å². The van der Waals surface area contributed by atoms with Crippen molar-refractivity contribution in [1.82, 2.24) is 5.32 Å². The number of hydrogen-bond donors (Lipinski definition) is 2. The highest BCUT2D eigenvalue weighted by Gasteiger charge is 2.14. The van der Waals surface area contributed by atoms with Crippen molar-refractivity contribution in [2.45, 2.75) is 31.4 Å². The molecule has 21 heavy (non-hydrogen) atoms. The zero-order valence-corrected chi connectivity index (χ0v) is 14.2. The van der Waals surface area contributed by atoms with Crippen molar-refractivity contribution in [3.05, 3.63) is 29.8 Å². The minimum absolute atomic E-state index is 0. The molecule has 0 spiro atoms. The molecule has 0 bridgehead atoms. The quantitative estimate of drug-likeness (QED) is 0.836. The molecule has 1 heterocycles. The predicted molar refractivity (Wildman–Crippen MR) is 94.4 cm³/mol. The van der Waals surface area contributed by atoms with Crippen molar-refractivity contribution in [3.63, 3.8) is 0 Å². The maximum atomic E-state index is 11.9. The number of amides is 1. The van der Waals surface area contributed by atoms with Gasteiger partial charge in [0.05, 0.1) is 0 Å². The molecule has 1 saturated heterocycles. The number of thioether (sulfide) groups is 1. The lowest BCUT2D eigenvalue weighted by Gasteiger charge is -2.22. The van der Waals surface area contributed by atoms with Gasteiger partial charge in [0.2, 0.25) is 5.91 Å². The van der Waals surface area contributed by atoms with E-state index in [9.17, 15) is 4.79 Å². The van der Waals surface area contributed by atoms with E-state index in [1.165, 1.54) is 18.4 Å². The summed E-state index contributed by atoms with van der Waals surface area (Å²) < 4.78 is 0. The van der Waals surface area contributed by atoms with Crippen LogP contribution < -0.4 is 10.6 Å². The van der Waals surface area contributed by atoms with Gasteiger partial charge in [-0.1, -0.05) is 12.1 Å². The molecule has 0 aliphatic carbocycles. The number of carbonyl (C=O) groups excluding carboxylic acids is 1. The molecule has 2 rings (SSSR count). The first-order valence-electron chi connectivity index (χ1n) is 7.36. The van der Waals surface area contributed by atoms with Gasteiger partial charge in [-0.25, -0.2) is 0 Å². The highest BCUT2D eigenvalue weighted by atomic mass is 35.5. The molecule has 1 aliphatic rings. The Labute approximate surface area is 138 Å². The van der Waals surface area contributed by atoms with Crippen LogP contribution in [0, 0.1) is 5.92 Å². The average molecular weight is 329 g/mol. The van der Waals surface area contributed by atoms with E-state index in [4.69, 9.17) is 0 Å². The fraction of sp³-hybridized carbons (Fsp3) is 0.562. The Balaban J connectivity index is 0.00000220. The summed E-state index contributed by atoms with van der Waals surface area (Å²) in [5, 5.41) is 6.34. The van der Waals surface area contributed by atoms with Gasteiger partial charge in [-0.15, -0.1) is 12.4 Å². The summed E-state index contributed by atoms with van der Waals surface area (Å²) in [6.45, 7) is 2.20. The third-order valence-electron chi connectivity index (χ3n) is 3.79. The number of anilines is 1. The number of benzene rings is 1. The lowest BCUT2D eigenvalue weighted by molar-refractivity contribution is -0.116. The second kappa shape index (κ2) is 10.1. The first-order chi connectivity index (χ1) is 9.78. The average Bonchev–Trinajstić information content (AvgIpc) is 2.49. The first-order valence-corrected chi connectivity index (χ1v) is 8.76. The van der Waals surface area contributed by atoms with Gasteiger partial charge in [-0.2, -0.15) is 11.8 Å². The summed E-state index contributed by atoms with van der Waals surface area (Å²) in [5.74, 6) is 1.87. The van der Waals surface area contributed by atoms with Crippen LogP contribution in [0.1, 0.15) is 31.2 Å². The Morgan fingerprint density at radius 2 is 1.95 bits per heavy atom. The highest BCUT2D eigenvalue weighted by Crippen LogP contribution is 2.19. The van der Waals surface area contributed by atoms with E-state index >= 15 is 0 Å². The minimum Gasteiger partial charge on any atom is -0.326 e. The molecule has 5 heteroatoms. The van der Waals surface area contributed by atoms with Crippen molar-refractivity contribution in [2.75, 3.05) is 24.7 Å². The van der Waals surface area contributed by atoms with Crippen LogP contribution in [0.5, 0.6) is 0 Å². The number of halogens is 1. The lowest BCUT2D eigenvalue weighted by atomic mass is 9.93. The fourth-order valence-electron chi connectivity index (χ4n) is 2.58. The van der Waals surface area contributed by atoms with Crippen molar-refractivity contribution in [1.29, 1.82) is 0 Å². The van der Waals surface area contributed by atoms with Gasteiger partial charge < -0.3 is 10.6 Å². The van der Waals surface area contributed by atoms with Gasteiger partial charge in [0, 0.05) is 17.9 Å². The van der Waals surface area contributed by atoms with E-state index in [0.29, 0.717) is 12.3 Å². The largest absolute Gasteiger partial charge is 0.326 e. The van der Waals surface area contributed by atoms with Crippen LogP contribution in [0.3, 0.4) is 0 Å². The summed E-state index contributed by atoms with van der Waals surface area (Å²) in [4.78, 5) is 11.9. The van der Waals surface area contributed by atoms with Gasteiger partial charge in [-0.05, 0) is 62.2 Å². The molecule has 0 unspecified atom stereocenters. The van der Waals surface area contributed by atoms with Gasteiger partial charge in [0.15, 0.2) is 0 Å². The van der Waals surface area contributed by atoms with Gasteiger partial charge in [-0.3, -0.25) is 4.79 Å². The lowest BCUT2D eigenvalue weighted by Crippen LogP contribution is -2.28. The third kappa shape index (κ3) is 6.72. The molecule has 2 N–H and O–H groups in total. The molecule has 118 valence electrons.